The lowest BCUT2D eigenvalue weighted by Gasteiger charge is -2.38. The lowest BCUT2D eigenvalue weighted by Crippen LogP contribution is -2.49. The van der Waals surface area contributed by atoms with Gasteiger partial charge in [-0.1, -0.05) is 5.57 Å². The molecule has 118 valence electrons. The molecular weight excluding hydrogens is 266 g/mol. The van der Waals surface area contributed by atoms with E-state index in [1.165, 1.54) is 0 Å². The number of hydrogen-bond donors (Lipinski definition) is 0. The van der Waals surface area contributed by atoms with Crippen molar-refractivity contribution in [3.63, 3.8) is 0 Å². The van der Waals surface area contributed by atoms with E-state index in [0.717, 1.165) is 31.3 Å². The molecule has 2 bridgehead atoms. The van der Waals surface area contributed by atoms with Crippen molar-refractivity contribution in [1.29, 1.82) is 0 Å². The fraction of sp³-hybridized carbons (Fsp3) is 0.765. The van der Waals surface area contributed by atoms with Crippen LogP contribution in [0.25, 0.3) is 0 Å². The summed E-state index contributed by atoms with van der Waals surface area (Å²) in [7, 11) is 0. The SMILES string of the molecule is CC(C)=CC(=O)C1CC2CCC(C1)N2C(=O)OC(C)(C)C. The van der Waals surface area contributed by atoms with Gasteiger partial charge in [-0.25, -0.2) is 4.79 Å². The van der Waals surface area contributed by atoms with Crippen LogP contribution in [0.4, 0.5) is 4.79 Å². The second-order valence-corrected chi connectivity index (χ2v) is 7.56. The zero-order valence-electron chi connectivity index (χ0n) is 13.8. The monoisotopic (exact) mass is 293 g/mol. The molecule has 2 unspecified atom stereocenters. The third-order valence-electron chi connectivity index (χ3n) is 4.17. The lowest BCUT2D eigenvalue weighted by atomic mass is 9.87. The molecule has 2 heterocycles. The molecule has 2 saturated heterocycles. The first kappa shape index (κ1) is 16.1. The molecule has 0 aromatic rings. The highest BCUT2D eigenvalue weighted by atomic mass is 16.6. The minimum absolute atomic E-state index is 0.0658. The summed E-state index contributed by atoms with van der Waals surface area (Å²) < 4.78 is 5.51. The summed E-state index contributed by atoms with van der Waals surface area (Å²) >= 11 is 0. The van der Waals surface area contributed by atoms with Gasteiger partial charge < -0.3 is 9.64 Å². The van der Waals surface area contributed by atoms with Gasteiger partial charge in [0, 0.05) is 18.0 Å². The molecule has 0 aliphatic carbocycles. The molecule has 0 aromatic carbocycles. The van der Waals surface area contributed by atoms with Crippen molar-refractivity contribution in [2.45, 2.75) is 78.0 Å². The van der Waals surface area contributed by atoms with Gasteiger partial charge in [-0.3, -0.25) is 4.79 Å². The topological polar surface area (TPSA) is 46.6 Å². The van der Waals surface area contributed by atoms with Gasteiger partial charge in [0.2, 0.25) is 0 Å². The number of allylic oxidation sites excluding steroid dienone is 2. The van der Waals surface area contributed by atoms with E-state index < -0.39 is 5.60 Å². The molecule has 4 heteroatoms. The predicted octanol–water partition coefficient (Wildman–Crippen LogP) is 3.70. The second-order valence-electron chi connectivity index (χ2n) is 7.56. The van der Waals surface area contributed by atoms with Crippen LogP contribution in [0, 0.1) is 5.92 Å². The Bertz CT molecular complexity index is 443. The first-order chi connectivity index (χ1) is 9.67. The maximum atomic E-state index is 12.3. The van der Waals surface area contributed by atoms with Crippen molar-refractivity contribution in [3.8, 4) is 0 Å². The highest BCUT2D eigenvalue weighted by Gasteiger charge is 2.46. The molecule has 1 amide bonds. The zero-order valence-corrected chi connectivity index (χ0v) is 13.8. The smallest absolute Gasteiger partial charge is 0.410 e. The van der Waals surface area contributed by atoms with Crippen LogP contribution < -0.4 is 0 Å². The molecule has 2 atom stereocenters. The Labute approximate surface area is 127 Å². The number of fused-ring (bicyclic) bond motifs is 2. The van der Waals surface area contributed by atoms with Crippen molar-refractivity contribution < 1.29 is 14.3 Å². The molecule has 21 heavy (non-hydrogen) atoms. The maximum absolute atomic E-state index is 12.3. The maximum Gasteiger partial charge on any atom is 0.410 e. The Morgan fingerprint density at radius 3 is 2.05 bits per heavy atom. The van der Waals surface area contributed by atoms with Crippen LogP contribution in [0.1, 0.15) is 60.3 Å². The number of carbonyl (C=O) groups is 2. The molecule has 2 aliphatic rings. The summed E-state index contributed by atoms with van der Waals surface area (Å²) in [6.45, 7) is 9.55. The van der Waals surface area contributed by atoms with Gasteiger partial charge in [-0.2, -0.15) is 0 Å². The predicted molar refractivity (Wildman–Crippen MR) is 82.0 cm³/mol. The zero-order chi connectivity index (χ0) is 15.8. The van der Waals surface area contributed by atoms with Gasteiger partial charge in [-0.05, 0) is 66.4 Å². The van der Waals surface area contributed by atoms with E-state index in [0.29, 0.717) is 0 Å². The first-order valence-electron chi connectivity index (χ1n) is 7.87. The minimum atomic E-state index is -0.467. The summed E-state index contributed by atoms with van der Waals surface area (Å²) in [5.74, 6) is 0.284. The Morgan fingerprint density at radius 1 is 1.10 bits per heavy atom. The van der Waals surface area contributed by atoms with Crippen LogP contribution in [0.5, 0.6) is 0 Å². The van der Waals surface area contributed by atoms with Crippen molar-refractivity contribution >= 4 is 11.9 Å². The van der Waals surface area contributed by atoms with Gasteiger partial charge >= 0.3 is 6.09 Å². The Hall–Kier alpha value is -1.32. The molecule has 2 fully saturated rings. The number of piperidine rings is 1. The third-order valence-corrected chi connectivity index (χ3v) is 4.17. The van der Waals surface area contributed by atoms with Crippen LogP contribution in [0.15, 0.2) is 11.6 Å². The fourth-order valence-corrected chi connectivity index (χ4v) is 3.42. The van der Waals surface area contributed by atoms with Crippen LogP contribution >= 0.6 is 0 Å². The van der Waals surface area contributed by atoms with E-state index in [1.807, 2.05) is 39.5 Å². The molecule has 0 saturated carbocycles. The lowest BCUT2D eigenvalue weighted by molar-refractivity contribution is -0.120. The summed E-state index contributed by atoms with van der Waals surface area (Å²) in [6, 6.07) is 0.330. The molecule has 2 aliphatic heterocycles. The standard InChI is InChI=1S/C17H27NO3/c1-11(2)8-15(19)12-9-13-6-7-14(10-12)18(13)16(20)21-17(3,4)5/h8,12-14H,6-7,9-10H2,1-5H3. The number of amides is 1. The summed E-state index contributed by atoms with van der Waals surface area (Å²) in [4.78, 5) is 26.4. The van der Waals surface area contributed by atoms with Gasteiger partial charge in [-0.15, -0.1) is 0 Å². The van der Waals surface area contributed by atoms with Crippen molar-refractivity contribution in [2.75, 3.05) is 0 Å². The highest BCUT2D eigenvalue weighted by Crippen LogP contribution is 2.40. The van der Waals surface area contributed by atoms with Gasteiger partial charge in [0.25, 0.3) is 0 Å². The number of ketones is 1. The Kier molecular flexibility index (Phi) is 4.45. The van der Waals surface area contributed by atoms with Gasteiger partial charge in [0.05, 0.1) is 0 Å². The fourth-order valence-electron chi connectivity index (χ4n) is 3.42. The Balaban J connectivity index is 2.04. The van der Waals surface area contributed by atoms with Crippen LogP contribution in [-0.2, 0) is 9.53 Å². The number of carbonyl (C=O) groups excluding carboxylic acids is 2. The normalized spacial score (nSPS) is 28.2. The van der Waals surface area contributed by atoms with E-state index in [2.05, 4.69) is 0 Å². The average molecular weight is 293 g/mol. The summed E-state index contributed by atoms with van der Waals surface area (Å²) in [5.41, 5.74) is 0.576. The highest BCUT2D eigenvalue weighted by molar-refractivity contribution is 5.92. The van der Waals surface area contributed by atoms with Crippen molar-refractivity contribution in [1.82, 2.24) is 4.90 Å². The van der Waals surface area contributed by atoms with E-state index >= 15 is 0 Å². The first-order valence-corrected chi connectivity index (χ1v) is 7.87. The Morgan fingerprint density at radius 2 is 1.62 bits per heavy atom. The molecule has 0 spiro atoms. The number of rotatable bonds is 2. The van der Waals surface area contributed by atoms with Crippen molar-refractivity contribution in [3.05, 3.63) is 11.6 Å². The molecule has 2 rings (SSSR count). The second kappa shape index (κ2) is 5.82. The van der Waals surface area contributed by atoms with Crippen LogP contribution in [0.3, 0.4) is 0 Å². The largest absolute Gasteiger partial charge is 0.444 e. The molecule has 0 radical (unpaired) electrons. The van der Waals surface area contributed by atoms with Crippen molar-refractivity contribution in [2.24, 2.45) is 5.92 Å². The van der Waals surface area contributed by atoms with Gasteiger partial charge in [0.1, 0.15) is 5.60 Å². The molecular formula is C17H27NO3. The average Bonchev–Trinajstić information content (AvgIpc) is 2.57. The third kappa shape index (κ3) is 3.86. The summed E-state index contributed by atoms with van der Waals surface area (Å²) in [5, 5.41) is 0. The van der Waals surface area contributed by atoms with Crippen LogP contribution in [-0.4, -0.2) is 34.5 Å². The van der Waals surface area contributed by atoms with E-state index in [1.54, 1.807) is 6.08 Å². The quantitative estimate of drug-likeness (QED) is 0.729. The molecule has 0 N–H and O–H groups in total. The van der Waals surface area contributed by atoms with E-state index in [4.69, 9.17) is 4.74 Å². The minimum Gasteiger partial charge on any atom is -0.444 e. The van der Waals surface area contributed by atoms with E-state index in [9.17, 15) is 9.59 Å². The van der Waals surface area contributed by atoms with Gasteiger partial charge in [0.15, 0.2) is 5.78 Å². The molecule has 4 nitrogen and oxygen atoms in total. The van der Waals surface area contributed by atoms with Crippen LogP contribution in [0.2, 0.25) is 0 Å². The number of hydrogen-bond acceptors (Lipinski definition) is 3. The van der Waals surface area contributed by atoms with E-state index in [-0.39, 0.29) is 29.9 Å². The molecule has 0 aromatic heterocycles. The number of ether oxygens (including phenoxy) is 1. The number of nitrogens with zero attached hydrogens (tertiary/aromatic N) is 1. The summed E-state index contributed by atoms with van der Waals surface area (Å²) in [6.07, 6.45) is 5.05.